The van der Waals surface area contributed by atoms with Crippen LogP contribution in [0.3, 0.4) is 0 Å². The van der Waals surface area contributed by atoms with E-state index in [1.807, 2.05) is 26.0 Å². The summed E-state index contributed by atoms with van der Waals surface area (Å²) in [6, 6.07) is 7.18. The van der Waals surface area contributed by atoms with E-state index < -0.39 is 10.0 Å². The van der Waals surface area contributed by atoms with Crippen LogP contribution in [0.25, 0.3) is 10.9 Å². The lowest BCUT2D eigenvalue weighted by Crippen LogP contribution is -2.58. The minimum absolute atomic E-state index is 0.0491. The van der Waals surface area contributed by atoms with Gasteiger partial charge in [-0.25, -0.2) is 8.42 Å². The van der Waals surface area contributed by atoms with Gasteiger partial charge in [0.05, 0.1) is 10.4 Å². The topological polar surface area (TPSA) is 62.3 Å². The lowest BCUT2D eigenvalue weighted by molar-refractivity contribution is 0.250. The van der Waals surface area contributed by atoms with Gasteiger partial charge in [0.15, 0.2) is 0 Å². The fourth-order valence-corrected chi connectivity index (χ4v) is 4.56. The summed E-state index contributed by atoms with van der Waals surface area (Å²) in [5.74, 6) is 0. The lowest BCUT2D eigenvalue weighted by atomic mass is 10.1. The molecule has 6 heteroatoms. The maximum atomic E-state index is 13.0. The summed E-state index contributed by atoms with van der Waals surface area (Å²) in [5.41, 5.74) is 1.74. The number of pyridine rings is 1. The molecular formula is C15H19N3O2S. The molecule has 21 heavy (non-hydrogen) atoms. The minimum atomic E-state index is -3.50. The van der Waals surface area contributed by atoms with Gasteiger partial charge in [0, 0.05) is 37.3 Å². The fraction of sp³-hybridized carbons (Fsp3) is 0.400. The second-order valence-electron chi connectivity index (χ2n) is 5.30. The molecule has 0 bridgehead atoms. The van der Waals surface area contributed by atoms with E-state index in [9.17, 15) is 8.42 Å². The molecule has 0 unspecified atom stereocenters. The Bertz CT molecular complexity index is 770. The zero-order valence-electron chi connectivity index (χ0n) is 12.2. The molecule has 1 aromatic heterocycles. The molecule has 1 aliphatic heterocycles. The number of benzene rings is 1. The number of aromatic nitrogens is 1. The summed E-state index contributed by atoms with van der Waals surface area (Å²) in [6.45, 7) is 5.73. The Kier molecular flexibility index (Phi) is 3.69. The Morgan fingerprint density at radius 3 is 2.71 bits per heavy atom. The van der Waals surface area contributed by atoms with Crippen molar-refractivity contribution in [3.05, 3.63) is 36.0 Å². The van der Waals surface area contributed by atoms with Crippen molar-refractivity contribution < 1.29 is 8.42 Å². The molecule has 1 N–H and O–H groups in total. The van der Waals surface area contributed by atoms with Crippen molar-refractivity contribution in [3.8, 4) is 0 Å². The largest absolute Gasteiger partial charge is 0.313 e. The molecule has 2 aromatic rings. The monoisotopic (exact) mass is 305 g/mol. The Morgan fingerprint density at radius 2 is 2.10 bits per heavy atom. The quantitative estimate of drug-likeness (QED) is 0.930. The Labute approximate surface area is 125 Å². The average Bonchev–Trinajstić information content (AvgIpc) is 2.42. The number of nitrogens with zero attached hydrogens (tertiary/aromatic N) is 2. The minimum Gasteiger partial charge on any atom is -0.313 e. The highest BCUT2D eigenvalue weighted by atomic mass is 32.2. The van der Waals surface area contributed by atoms with Crippen LogP contribution in [0, 0.1) is 6.92 Å². The van der Waals surface area contributed by atoms with Crippen LogP contribution in [0.4, 0.5) is 0 Å². The van der Waals surface area contributed by atoms with Gasteiger partial charge in [0.1, 0.15) is 0 Å². The van der Waals surface area contributed by atoms with E-state index in [0.717, 1.165) is 24.2 Å². The third-order valence-electron chi connectivity index (χ3n) is 4.00. The Morgan fingerprint density at radius 1 is 1.33 bits per heavy atom. The summed E-state index contributed by atoms with van der Waals surface area (Å²) in [4.78, 5) is 4.68. The molecule has 0 spiro atoms. The van der Waals surface area contributed by atoms with E-state index in [0.29, 0.717) is 16.8 Å². The van der Waals surface area contributed by atoms with Gasteiger partial charge in [-0.1, -0.05) is 13.0 Å². The molecule has 1 saturated heterocycles. The van der Waals surface area contributed by atoms with Gasteiger partial charge in [-0.15, -0.1) is 0 Å². The first-order valence-electron chi connectivity index (χ1n) is 7.12. The second-order valence-corrected chi connectivity index (χ2v) is 7.16. The highest BCUT2D eigenvalue weighted by molar-refractivity contribution is 7.89. The maximum Gasteiger partial charge on any atom is 0.244 e. The summed E-state index contributed by atoms with van der Waals surface area (Å²) < 4.78 is 27.6. The van der Waals surface area contributed by atoms with Crippen LogP contribution >= 0.6 is 0 Å². The summed E-state index contributed by atoms with van der Waals surface area (Å²) in [6.07, 6.45) is 1.69. The predicted molar refractivity (Wildman–Crippen MR) is 82.7 cm³/mol. The normalized spacial score (nSPS) is 16.3. The SMILES string of the molecule is CCN(C1CNC1)S(=O)(=O)c1ccc(C)c2ncccc12. The molecule has 112 valence electrons. The highest BCUT2D eigenvalue weighted by Gasteiger charge is 2.34. The van der Waals surface area contributed by atoms with Crippen molar-refractivity contribution in [1.29, 1.82) is 0 Å². The van der Waals surface area contributed by atoms with Crippen LogP contribution in [-0.4, -0.2) is 43.4 Å². The zero-order valence-corrected chi connectivity index (χ0v) is 13.0. The highest BCUT2D eigenvalue weighted by Crippen LogP contribution is 2.28. The number of fused-ring (bicyclic) bond motifs is 1. The Hall–Kier alpha value is -1.50. The van der Waals surface area contributed by atoms with E-state index in [1.165, 1.54) is 0 Å². The number of hydrogen-bond donors (Lipinski definition) is 1. The molecule has 0 amide bonds. The van der Waals surface area contributed by atoms with Gasteiger partial charge < -0.3 is 5.32 Å². The van der Waals surface area contributed by atoms with E-state index in [2.05, 4.69) is 10.3 Å². The van der Waals surface area contributed by atoms with Crippen molar-refractivity contribution in [2.24, 2.45) is 0 Å². The number of rotatable bonds is 4. The lowest BCUT2D eigenvalue weighted by Gasteiger charge is -2.36. The van der Waals surface area contributed by atoms with Gasteiger partial charge in [-0.2, -0.15) is 4.31 Å². The number of sulfonamides is 1. The van der Waals surface area contributed by atoms with Crippen molar-refractivity contribution in [2.75, 3.05) is 19.6 Å². The molecule has 0 atom stereocenters. The van der Waals surface area contributed by atoms with Gasteiger partial charge in [0.25, 0.3) is 0 Å². The van der Waals surface area contributed by atoms with Crippen molar-refractivity contribution in [3.63, 3.8) is 0 Å². The molecule has 1 aromatic carbocycles. The number of likely N-dealkylation sites (N-methyl/N-ethyl adjacent to an activating group) is 1. The van der Waals surface area contributed by atoms with Gasteiger partial charge in [-0.05, 0) is 30.7 Å². The number of nitrogens with one attached hydrogen (secondary N) is 1. The standard InChI is InChI=1S/C15H19N3O2S/c1-3-18(12-9-16-10-12)21(19,20)14-7-6-11(2)15-13(14)5-4-8-17-15/h4-8,12,16H,3,9-10H2,1-2H3. The molecule has 3 rings (SSSR count). The van der Waals surface area contributed by atoms with Crippen molar-refractivity contribution in [1.82, 2.24) is 14.6 Å². The summed E-state index contributed by atoms with van der Waals surface area (Å²) >= 11 is 0. The molecule has 1 fully saturated rings. The Balaban J connectivity index is 2.17. The zero-order chi connectivity index (χ0) is 15.0. The smallest absolute Gasteiger partial charge is 0.244 e. The van der Waals surface area contributed by atoms with E-state index in [1.54, 1.807) is 22.6 Å². The van der Waals surface area contributed by atoms with Crippen LogP contribution in [0.5, 0.6) is 0 Å². The molecule has 2 heterocycles. The van der Waals surface area contributed by atoms with Crippen molar-refractivity contribution >= 4 is 20.9 Å². The first-order valence-corrected chi connectivity index (χ1v) is 8.56. The van der Waals surface area contributed by atoms with Crippen LogP contribution in [0.15, 0.2) is 35.4 Å². The first-order chi connectivity index (χ1) is 10.1. The van der Waals surface area contributed by atoms with Crippen molar-refractivity contribution in [2.45, 2.75) is 24.8 Å². The molecule has 0 radical (unpaired) electrons. The van der Waals surface area contributed by atoms with Crippen LogP contribution in [0.2, 0.25) is 0 Å². The fourth-order valence-electron chi connectivity index (χ4n) is 2.74. The maximum absolute atomic E-state index is 13.0. The van der Waals surface area contributed by atoms with Gasteiger partial charge in [0.2, 0.25) is 10.0 Å². The van der Waals surface area contributed by atoms with Gasteiger partial charge >= 0.3 is 0 Å². The van der Waals surface area contributed by atoms with E-state index >= 15 is 0 Å². The van der Waals surface area contributed by atoms with Crippen LogP contribution in [-0.2, 0) is 10.0 Å². The summed E-state index contributed by atoms with van der Waals surface area (Å²) in [7, 11) is -3.50. The van der Waals surface area contributed by atoms with E-state index in [-0.39, 0.29) is 6.04 Å². The van der Waals surface area contributed by atoms with Gasteiger partial charge in [-0.3, -0.25) is 4.98 Å². The summed E-state index contributed by atoms with van der Waals surface area (Å²) in [5, 5.41) is 3.82. The van der Waals surface area contributed by atoms with E-state index in [4.69, 9.17) is 0 Å². The molecule has 0 aliphatic carbocycles. The number of aryl methyl sites for hydroxylation is 1. The second kappa shape index (κ2) is 5.36. The molecule has 0 saturated carbocycles. The average molecular weight is 305 g/mol. The van der Waals surface area contributed by atoms with Crippen LogP contribution in [0.1, 0.15) is 12.5 Å². The molecule has 5 nitrogen and oxygen atoms in total. The third-order valence-corrected chi connectivity index (χ3v) is 6.08. The molecular weight excluding hydrogens is 286 g/mol. The predicted octanol–water partition coefficient (Wildman–Crippen LogP) is 1.53. The van der Waals surface area contributed by atoms with Crippen LogP contribution < -0.4 is 5.32 Å². The first kappa shape index (κ1) is 14.4. The third kappa shape index (κ3) is 2.33. The number of hydrogen-bond acceptors (Lipinski definition) is 4. The molecule has 1 aliphatic rings.